The number of hydrogen-bond acceptors (Lipinski definition) is 3. The number of piperidine rings is 1. The molecule has 1 aromatic heterocycles. The van der Waals surface area contributed by atoms with Crippen LogP contribution in [0, 0.1) is 18.7 Å². The van der Waals surface area contributed by atoms with Crippen molar-refractivity contribution in [2.24, 2.45) is 5.92 Å². The maximum Gasteiger partial charge on any atom is 0.252 e. The molecular formula is C19H21ClFN3O. The molecule has 1 N–H and O–H groups in total. The van der Waals surface area contributed by atoms with Crippen LogP contribution in [0.15, 0.2) is 36.5 Å². The molecule has 4 nitrogen and oxygen atoms in total. The van der Waals surface area contributed by atoms with Crippen LogP contribution in [0.4, 0.5) is 10.1 Å². The van der Waals surface area contributed by atoms with E-state index in [4.69, 9.17) is 11.6 Å². The predicted octanol–water partition coefficient (Wildman–Crippen LogP) is 3.83. The second-order valence-corrected chi connectivity index (χ2v) is 6.83. The summed E-state index contributed by atoms with van der Waals surface area (Å²) in [6.45, 7) is 4.52. The molecule has 0 spiro atoms. The minimum atomic E-state index is -0.444. The minimum Gasteiger partial charge on any atom is -0.371 e. The number of aryl methyl sites for hydroxylation is 1. The van der Waals surface area contributed by atoms with Crippen molar-refractivity contribution in [2.45, 2.75) is 19.8 Å². The summed E-state index contributed by atoms with van der Waals surface area (Å²) in [4.78, 5) is 18.8. The number of benzene rings is 1. The van der Waals surface area contributed by atoms with Gasteiger partial charge < -0.3 is 10.2 Å². The summed E-state index contributed by atoms with van der Waals surface area (Å²) < 4.78 is 13.1. The van der Waals surface area contributed by atoms with Crippen molar-refractivity contribution in [3.05, 3.63) is 58.6 Å². The lowest BCUT2D eigenvalue weighted by Crippen LogP contribution is -2.38. The average molecular weight is 362 g/mol. The summed E-state index contributed by atoms with van der Waals surface area (Å²) in [6.07, 6.45) is 3.86. The Morgan fingerprint density at radius 2 is 2.08 bits per heavy atom. The molecule has 0 atom stereocenters. The second kappa shape index (κ2) is 7.83. The lowest BCUT2D eigenvalue weighted by molar-refractivity contribution is 0.0945. The van der Waals surface area contributed by atoms with E-state index in [1.807, 2.05) is 19.2 Å². The van der Waals surface area contributed by atoms with Crippen molar-refractivity contribution in [3.8, 4) is 0 Å². The van der Waals surface area contributed by atoms with E-state index in [0.29, 0.717) is 18.0 Å². The van der Waals surface area contributed by atoms with E-state index in [9.17, 15) is 9.18 Å². The molecule has 0 radical (unpaired) electrons. The molecule has 0 bridgehead atoms. The lowest BCUT2D eigenvalue weighted by atomic mass is 9.96. The summed E-state index contributed by atoms with van der Waals surface area (Å²) in [7, 11) is 0. The third kappa shape index (κ3) is 4.48. The van der Waals surface area contributed by atoms with Gasteiger partial charge in [-0.1, -0.05) is 11.6 Å². The number of nitrogens with zero attached hydrogens (tertiary/aromatic N) is 2. The number of carbonyl (C=O) groups is 1. The molecule has 1 amide bonds. The average Bonchev–Trinajstić information content (AvgIpc) is 2.60. The zero-order valence-corrected chi connectivity index (χ0v) is 14.9. The van der Waals surface area contributed by atoms with Gasteiger partial charge in [0.2, 0.25) is 0 Å². The zero-order chi connectivity index (χ0) is 17.8. The van der Waals surface area contributed by atoms with Gasteiger partial charge in [-0.3, -0.25) is 9.78 Å². The zero-order valence-electron chi connectivity index (χ0n) is 14.1. The van der Waals surface area contributed by atoms with Crippen LogP contribution in [0.5, 0.6) is 0 Å². The fraction of sp³-hybridized carbons (Fsp3) is 0.368. The summed E-state index contributed by atoms with van der Waals surface area (Å²) in [5, 5.41) is 3.06. The van der Waals surface area contributed by atoms with E-state index in [1.54, 1.807) is 0 Å². The highest BCUT2D eigenvalue weighted by molar-refractivity contribution is 6.33. The van der Waals surface area contributed by atoms with Gasteiger partial charge in [-0.2, -0.15) is 0 Å². The van der Waals surface area contributed by atoms with Crippen molar-refractivity contribution in [2.75, 3.05) is 24.5 Å². The molecule has 1 aliphatic rings. The van der Waals surface area contributed by atoms with Crippen molar-refractivity contribution in [1.82, 2.24) is 10.3 Å². The number of amides is 1. The Bertz CT molecular complexity index is 760. The summed E-state index contributed by atoms with van der Waals surface area (Å²) in [5.41, 5.74) is 2.53. The standard InChI is InChI=1S/C19H21ClFN3O/c1-13-10-16(4-7-22-13)24-8-5-14(6-9-24)12-23-19(25)17-3-2-15(21)11-18(17)20/h2-4,7,10-11,14H,5-6,8-9,12H2,1H3,(H,23,25). The van der Waals surface area contributed by atoms with Gasteiger partial charge in [0, 0.05) is 37.2 Å². The van der Waals surface area contributed by atoms with Crippen LogP contribution in [0.3, 0.4) is 0 Å². The Morgan fingerprint density at radius 1 is 1.32 bits per heavy atom. The van der Waals surface area contributed by atoms with Gasteiger partial charge in [0.1, 0.15) is 5.82 Å². The van der Waals surface area contributed by atoms with E-state index in [2.05, 4.69) is 21.3 Å². The summed E-state index contributed by atoms with van der Waals surface area (Å²) >= 11 is 5.93. The molecule has 1 aliphatic heterocycles. The van der Waals surface area contributed by atoms with E-state index >= 15 is 0 Å². The third-order valence-corrected chi connectivity index (χ3v) is 4.90. The molecule has 132 valence electrons. The fourth-order valence-corrected chi connectivity index (χ4v) is 3.38. The van der Waals surface area contributed by atoms with Crippen molar-refractivity contribution in [3.63, 3.8) is 0 Å². The molecule has 1 saturated heterocycles. The number of rotatable bonds is 4. The van der Waals surface area contributed by atoms with E-state index in [-0.39, 0.29) is 10.9 Å². The first kappa shape index (κ1) is 17.7. The molecular weight excluding hydrogens is 341 g/mol. The molecule has 0 aliphatic carbocycles. The Balaban J connectivity index is 1.50. The Labute approximate surface area is 152 Å². The number of hydrogen-bond donors (Lipinski definition) is 1. The highest BCUT2D eigenvalue weighted by atomic mass is 35.5. The van der Waals surface area contributed by atoms with E-state index in [1.165, 1.54) is 17.8 Å². The van der Waals surface area contributed by atoms with Crippen molar-refractivity contribution in [1.29, 1.82) is 0 Å². The first-order valence-corrected chi connectivity index (χ1v) is 8.81. The van der Waals surface area contributed by atoms with Crippen molar-refractivity contribution < 1.29 is 9.18 Å². The number of aromatic nitrogens is 1. The number of anilines is 1. The maximum absolute atomic E-state index is 13.1. The predicted molar refractivity (Wildman–Crippen MR) is 97.7 cm³/mol. The van der Waals surface area contributed by atoms with Crippen LogP contribution in [0.25, 0.3) is 0 Å². The molecule has 25 heavy (non-hydrogen) atoms. The number of carbonyl (C=O) groups excluding carboxylic acids is 1. The SMILES string of the molecule is Cc1cc(N2CCC(CNC(=O)c3ccc(F)cc3Cl)CC2)ccn1. The molecule has 0 saturated carbocycles. The molecule has 1 aromatic carbocycles. The number of pyridine rings is 1. The first-order valence-electron chi connectivity index (χ1n) is 8.44. The van der Waals surface area contributed by atoms with Crippen LogP contribution < -0.4 is 10.2 Å². The van der Waals surface area contributed by atoms with Crippen LogP contribution in [-0.4, -0.2) is 30.5 Å². The quantitative estimate of drug-likeness (QED) is 0.900. The van der Waals surface area contributed by atoms with Gasteiger partial charge in [0.25, 0.3) is 5.91 Å². The summed E-state index contributed by atoms with van der Waals surface area (Å²) in [6, 6.07) is 7.95. The monoisotopic (exact) mass is 361 g/mol. The Kier molecular flexibility index (Phi) is 5.53. The van der Waals surface area contributed by atoms with Crippen LogP contribution in [0.1, 0.15) is 28.9 Å². The summed E-state index contributed by atoms with van der Waals surface area (Å²) in [5.74, 6) is -0.264. The van der Waals surface area contributed by atoms with Gasteiger partial charge in [-0.15, -0.1) is 0 Å². The Morgan fingerprint density at radius 3 is 2.76 bits per heavy atom. The van der Waals surface area contributed by atoms with Gasteiger partial charge in [-0.05, 0) is 56.0 Å². The lowest BCUT2D eigenvalue weighted by Gasteiger charge is -2.33. The first-order chi connectivity index (χ1) is 12.0. The fourth-order valence-electron chi connectivity index (χ4n) is 3.13. The maximum atomic E-state index is 13.1. The van der Waals surface area contributed by atoms with Crippen LogP contribution in [0.2, 0.25) is 5.02 Å². The minimum absolute atomic E-state index is 0.139. The number of nitrogens with one attached hydrogen (secondary N) is 1. The highest BCUT2D eigenvalue weighted by Gasteiger charge is 2.21. The molecule has 1 fully saturated rings. The van der Waals surface area contributed by atoms with Gasteiger partial charge >= 0.3 is 0 Å². The van der Waals surface area contributed by atoms with Gasteiger partial charge in [0.05, 0.1) is 10.6 Å². The molecule has 6 heteroatoms. The smallest absolute Gasteiger partial charge is 0.252 e. The van der Waals surface area contributed by atoms with E-state index in [0.717, 1.165) is 37.7 Å². The molecule has 2 heterocycles. The molecule has 2 aromatic rings. The van der Waals surface area contributed by atoms with Crippen molar-refractivity contribution >= 4 is 23.2 Å². The largest absolute Gasteiger partial charge is 0.371 e. The second-order valence-electron chi connectivity index (χ2n) is 6.42. The third-order valence-electron chi connectivity index (χ3n) is 4.59. The normalized spacial score (nSPS) is 15.2. The Hall–Kier alpha value is -2.14. The number of halogens is 2. The highest BCUT2D eigenvalue weighted by Crippen LogP contribution is 2.23. The molecule has 0 unspecified atom stereocenters. The van der Waals surface area contributed by atoms with Crippen LogP contribution in [-0.2, 0) is 0 Å². The van der Waals surface area contributed by atoms with E-state index < -0.39 is 5.82 Å². The van der Waals surface area contributed by atoms with Crippen LogP contribution >= 0.6 is 11.6 Å². The molecule has 3 rings (SSSR count). The van der Waals surface area contributed by atoms with Gasteiger partial charge in [0.15, 0.2) is 0 Å². The topological polar surface area (TPSA) is 45.2 Å². The van der Waals surface area contributed by atoms with Gasteiger partial charge in [-0.25, -0.2) is 4.39 Å².